The first kappa shape index (κ1) is 16.0. The molecule has 2 aromatic rings. The molecule has 1 saturated heterocycles. The minimum Gasteiger partial charge on any atom is -0.451 e. The van der Waals surface area contributed by atoms with Gasteiger partial charge in [-0.2, -0.15) is 0 Å². The van der Waals surface area contributed by atoms with Crippen LogP contribution >= 0.6 is 0 Å². The Morgan fingerprint density at radius 3 is 2.78 bits per heavy atom. The summed E-state index contributed by atoms with van der Waals surface area (Å²) in [5.74, 6) is 0.157. The normalized spacial score (nSPS) is 19.2. The highest BCUT2D eigenvalue weighted by Gasteiger charge is 2.29. The minimum absolute atomic E-state index is 0.182. The number of carbonyl (C=O) groups is 1. The van der Waals surface area contributed by atoms with E-state index in [4.69, 9.17) is 4.42 Å². The molecule has 1 fully saturated rings. The zero-order valence-electron chi connectivity index (χ0n) is 13.2. The molecule has 7 heteroatoms. The minimum atomic E-state index is -3.28. The lowest BCUT2D eigenvalue weighted by molar-refractivity contribution is 0.0672. The van der Waals surface area contributed by atoms with Crippen molar-refractivity contribution >= 4 is 26.9 Å². The summed E-state index contributed by atoms with van der Waals surface area (Å²) in [5, 5.41) is 0.929. The van der Waals surface area contributed by atoms with E-state index in [9.17, 15) is 13.2 Å². The van der Waals surface area contributed by atoms with Crippen LogP contribution in [0.5, 0.6) is 0 Å². The molecular weight excluding hydrogens is 316 g/mol. The molecule has 1 unspecified atom stereocenters. The van der Waals surface area contributed by atoms with Gasteiger partial charge in [0.1, 0.15) is 5.58 Å². The van der Waals surface area contributed by atoms with Gasteiger partial charge in [0.2, 0.25) is 10.0 Å². The van der Waals surface area contributed by atoms with Gasteiger partial charge in [0, 0.05) is 30.1 Å². The second-order valence-corrected chi connectivity index (χ2v) is 7.81. The Hall–Kier alpha value is -1.86. The van der Waals surface area contributed by atoms with Gasteiger partial charge in [-0.1, -0.05) is 18.2 Å². The predicted octanol–water partition coefficient (Wildman–Crippen LogP) is 1.90. The summed E-state index contributed by atoms with van der Waals surface area (Å²) in [6.07, 6.45) is 2.63. The van der Waals surface area contributed by atoms with Crippen LogP contribution in [0.25, 0.3) is 11.0 Å². The highest BCUT2D eigenvalue weighted by atomic mass is 32.2. The molecular formula is C16H20N2O4S. The Morgan fingerprint density at radius 2 is 2.09 bits per heavy atom. The maximum absolute atomic E-state index is 12.8. The van der Waals surface area contributed by atoms with E-state index in [0.29, 0.717) is 24.4 Å². The van der Waals surface area contributed by atoms with Crippen LogP contribution in [-0.2, 0) is 10.0 Å². The Labute approximate surface area is 135 Å². The Balaban J connectivity index is 1.82. The van der Waals surface area contributed by atoms with Crippen molar-refractivity contribution in [3.05, 3.63) is 35.6 Å². The molecule has 1 amide bonds. The van der Waals surface area contributed by atoms with Gasteiger partial charge in [-0.15, -0.1) is 0 Å². The lowest BCUT2D eigenvalue weighted by Crippen LogP contribution is -2.49. The summed E-state index contributed by atoms with van der Waals surface area (Å²) >= 11 is 0. The van der Waals surface area contributed by atoms with Crippen LogP contribution in [0.1, 0.15) is 29.0 Å². The number of sulfonamides is 1. The summed E-state index contributed by atoms with van der Waals surface area (Å²) < 4.78 is 31.1. The summed E-state index contributed by atoms with van der Waals surface area (Å²) in [6.45, 7) is 2.84. The molecule has 0 radical (unpaired) electrons. The van der Waals surface area contributed by atoms with Crippen LogP contribution in [-0.4, -0.2) is 44.6 Å². The molecule has 3 rings (SSSR count). The number of furan rings is 1. The topological polar surface area (TPSA) is 79.6 Å². The number of para-hydroxylation sites is 1. The first-order valence-corrected chi connectivity index (χ1v) is 9.49. The van der Waals surface area contributed by atoms with Crippen LogP contribution in [0.15, 0.2) is 28.7 Å². The third kappa shape index (κ3) is 3.40. The second kappa shape index (κ2) is 5.98. The summed E-state index contributed by atoms with van der Waals surface area (Å²) in [7, 11) is -3.28. The standard InChI is InChI=1S/C16H20N2O4S/c1-11-13-7-3-4-8-14(13)22-15(11)16(19)18-9-5-6-12(10-18)17-23(2,20)21/h3-4,7-8,12,17H,5-6,9-10H2,1-2H3. The molecule has 2 heterocycles. The number of hydrogen-bond acceptors (Lipinski definition) is 4. The van der Waals surface area contributed by atoms with Gasteiger partial charge in [-0.3, -0.25) is 4.79 Å². The molecule has 0 bridgehead atoms. The zero-order chi connectivity index (χ0) is 16.6. The summed E-state index contributed by atoms with van der Waals surface area (Å²) in [5.41, 5.74) is 1.51. The number of amides is 1. The lowest BCUT2D eigenvalue weighted by Gasteiger charge is -2.32. The molecule has 124 valence electrons. The van der Waals surface area contributed by atoms with Gasteiger partial charge < -0.3 is 9.32 Å². The third-order valence-corrected chi connectivity index (χ3v) is 4.89. The molecule has 0 spiro atoms. The van der Waals surface area contributed by atoms with Gasteiger partial charge in [-0.25, -0.2) is 13.1 Å². The number of aryl methyl sites for hydroxylation is 1. The van der Waals surface area contributed by atoms with E-state index in [-0.39, 0.29) is 11.9 Å². The number of benzene rings is 1. The van der Waals surface area contributed by atoms with Crippen molar-refractivity contribution in [2.45, 2.75) is 25.8 Å². The molecule has 1 aromatic carbocycles. The van der Waals surface area contributed by atoms with Crippen molar-refractivity contribution in [2.75, 3.05) is 19.3 Å². The summed E-state index contributed by atoms with van der Waals surface area (Å²) in [4.78, 5) is 14.4. The SMILES string of the molecule is Cc1c(C(=O)N2CCCC(NS(C)(=O)=O)C2)oc2ccccc12. The maximum Gasteiger partial charge on any atom is 0.289 e. The van der Waals surface area contributed by atoms with E-state index in [0.717, 1.165) is 30.0 Å². The Bertz CT molecular complexity index is 841. The summed E-state index contributed by atoms with van der Waals surface area (Å²) in [6, 6.07) is 7.30. The molecule has 23 heavy (non-hydrogen) atoms. The van der Waals surface area contributed by atoms with Crippen LogP contribution < -0.4 is 4.72 Å². The van der Waals surface area contributed by atoms with Crippen LogP contribution in [0.3, 0.4) is 0 Å². The van der Waals surface area contributed by atoms with Crippen molar-refractivity contribution in [3.63, 3.8) is 0 Å². The van der Waals surface area contributed by atoms with E-state index < -0.39 is 10.0 Å². The smallest absolute Gasteiger partial charge is 0.289 e. The van der Waals surface area contributed by atoms with Gasteiger partial charge in [0.05, 0.1) is 6.26 Å². The van der Waals surface area contributed by atoms with Crippen molar-refractivity contribution in [1.82, 2.24) is 9.62 Å². The molecule has 0 aliphatic carbocycles. The number of hydrogen-bond donors (Lipinski definition) is 1. The van der Waals surface area contributed by atoms with E-state index in [2.05, 4.69) is 4.72 Å². The average molecular weight is 336 g/mol. The fourth-order valence-corrected chi connectivity index (χ4v) is 3.88. The van der Waals surface area contributed by atoms with Gasteiger partial charge >= 0.3 is 0 Å². The molecule has 1 aliphatic heterocycles. The van der Waals surface area contributed by atoms with E-state index in [1.807, 2.05) is 31.2 Å². The predicted molar refractivity (Wildman–Crippen MR) is 87.9 cm³/mol. The van der Waals surface area contributed by atoms with Gasteiger partial charge in [0.25, 0.3) is 5.91 Å². The number of carbonyl (C=O) groups excluding carboxylic acids is 1. The Morgan fingerprint density at radius 1 is 1.35 bits per heavy atom. The first-order valence-electron chi connectivity index (χ1n) is 7.60. The van der Waals surface area contributed by atoms with Crippen molar-refractivity contribution < 1.29 is 17.6 Å². The third-order valence-electron chi connectivity index (χ3n) is 4.13. The fraction of sp³-hybridized carbons (Fsp3) is 0.438. The van der Waals surface area contributed by atoms with Crippen molar-refractivity contribution in [1.29, 1.82) is 0 Å². The highest BCUT2D eigenvalue weighted by molar-refractivity contribution is 7.88. The highest BCUT2D eigenvalue weighted by Crippen LogP contribution is 2.26. The number of likely N-dealkylation sites (tertiary alicyclic amines) is 1. The first-order chi connectivity index (χ1) is 10.8. The average Bonchev–Trinajstić information content (AvgIpc) is 2.83. The monoisotopic (exact) mass is 336 g/mol. The quantitative estimate of drug-likeness (QED) is 0.928. The van der Waals surface area contributed by atoms with Gasteiger partial charge in [0.15, 0.2) is 5.76 Å². The second-order valence-electron chi connectivity index (χ2n) is 6.03. The number of fused-ring (bicyclic) bond motifs is 1. The van der Waals surface area contributed by atoms with Crippen LogP contribution in [0, 0.1) is 6.92 Å². The van der Waals surface area contributed by atoms with Crippen molar-refractivity contribution in [2.24, 2.45) is 0 Å². The largest absolute Gasteiger partial charge is 0.451 e. The number of nitrogens with zero attached hydrogens (tertiary/aromatic N) is 1. The number of nitrogens with one attached hydrogen (secondary N) is 1. The number of piperidine rings is 1. The molecule has 6 nitrogen and oxygen atoms in total. The van der Waals surface area contributed by atoms with Crippen LogP contribution in [0.2, 0.25) is 0 Å². The van der Waals surface area contributed by atoms with E-state index in [1.165, 1.54) is 0 Å². The lowest BCUT2D eigenvalue weighted by atomic mass is 10.1. The number of rotatable bonds is 3. The van der Waals surface area contributed by atoms with Crippen LogP contribution in [0.4, 0.5) is 0 Å². The molecule has 1 atom stereocenters. The van der Waals surface area contributed by atoms with Crippen molar-refractivity contribution in [3.8, 4) is 0 Å². The van der Waals surface area contributed by atoms with E-state index in [1.54, 1.807) is 4.90 Å². The fourth-order valence-electron chi connectivity index (χ4n) is 3.08. The van der Waals surface area contributed by atoms with Gasteiger partial charge in [-0.05, 0) is 25.8 Å². The maximum atomic E-state index is 12.8. The molecule has 1 aliphatic rings. The molecule has 1 N–H and O–H groups in total. The van der Waals surface area contributed by atoms with E-state index >= 15 is 0 Å². The zero-order valence-corrected chi connectivity index (χ0v) is 14.0. The Kier molecular flexibility index (Phi) is 4.16. The molecule has 0 saturated carbocycles. The molecule has 1 aromatic heterocycles.